The van der Waals surface area contributed by atoms with Crippen LogP contribution in [0.1, 0.15) is 37.8 Å². The fourth-order valence-electron chi connectivity index (χ4n) is 4.37. The molecule has 9 heteroatoms. The number of benzene rings is 2. The minimum absolute atomic E-state index is 0.0996. The van der Waals surface area contributed by atoms with Crippen molar-refractivity contribution in [2.75, 3.05) is 26.2 Å². The maximum Gasteiger partial charge on any atom is 0.421 e. The van der Waals surface area contributed by atoms with Crippen LogP contribution in [0.2, 0.25) is 0 Å². The molecule has 0 radical (unpaired) electrons. The highest BCUT2D eigenvalue weighted by molar-refractivity contribution is 5.79. The number of rotatable bonds is 4. The summed E-state index contributed by atoms with van der Waals surface area (Å²) in [5.41, 5.74) is 6.28. The Bertz CT molecular complexity index is 1050. The second-order valence-corrected chi connectivity index (χ2v) is 9.41. The quantitative estimate of drug-likeness (QED) is 0.709. The molecule has 1 saturated heterocycles. The van der Waals surface area contributed by atoms with Gasteiger partial charge in [0.05, 0.1) is 6.54 Å². The molecule has 0 bridgehead atoms. The van der Waals surface area contributed by atoms with Crippen molar-refractivity contribution in [2.45, 2.75) is 38.3 Å². The SMILES string of the molecule is CC(C)(C)OC(=O)N1CCN(NC(=O)OCC2c3ccccc3-c3ccccc32)C(C(=O)O)C1. The maximum absolute atomic E-state index is 12.6. The van der Waals surface area contributed by atoms with Crippen LogP contribution in [0.5, 0.6) is 0 Å². The standard InChI is InChI=1S/C25H29N3O6/c1-25(2,3)34-24(32)27-12-13-28(21(14-27)22(29)30)26-23(31)33-15-20-18-10-6-4-8-16(18)17-9-5-7-11-19(17)20/h4-11,20-21H,12-15H2,1-3H3,(H,26,31)(H,29,30). The molecule has 0 aromatic heterocycles. The van der Waals surface area contributed by atoms with Gasteiger partial charge in [0, 0.05) is 19.0 Å². The average Bonchev–Trinajstić information content (AvgIpc) is 3.10. The van der Waals surface area contributed by atoms with Crippen LogP contribution in [-0.4, -0.2) is 71.1 Å². The minimum atomic E-state index is -1.16. The Labute approximate surface area is 198 Å². The van der Waals surface area contributed by atoms with Crippen LogP contribution in [-0.2, 0) is 14.3 Å². The summed E-state index contributed by atoms with van der Waals surface area (Å²) in [4.78, 5) is 38.1. The van der Waals surface area contributed by atoms with E-state index < -0.39 is 29.8 Å². The largest absolute Gasteiger partial charge is 0.480 e. The Morgan fingerprint density at radius 1 is 1.00 bits per heavy atom. The van der Waals surface area contributed by atoms with Crippen molar-refractivity contribution in [1.29, 1.82) is 0 Å². The molecular formula is C25H29N3O6. The third-order valence-electron chi connectivity index (χ3n) is 5.90. The predicted molar refractivity (Wildman–Crippen MR) is 124 cm³/mol. The van der Waals surface area contributed by atoms with Crippen molar-refractivity contribution in [1.82, 2.24) is 15.3 Å². The summed E-state index contributed by atoms with van der Waals surface area (Å²) in [5.74, 6) is -1.26. The minimum Gasteiger partial charge on any atom is -0.480 e. The molecule has 9 nitrogen and oxygen atoms in total. The van der Waals surface area contributed by atoms with E-state index >= 15 is 0 Å². The van der Waals surface area contributed by atoms with Gasteiger partial charge in [-0.15, -0.1) is 0 Å². The van der Waals surface area contributed by atoms with E-state index in [0.29, 0.717) is 0 Å². The van der Waals surface area contributed by atoms with E-state index in [9.17, 15) is 19.5 Å². The molecule has 2 amide bonds. The van der Waals surface area contributed by atoms with Gasteiger partial charge < -0.3 is 19.5 Å². The molecule has 0 saturated carbocycles. The number of fused-ring (bicyclic) bond motifs is 3. The number of carbonyl (C=O) groups excluding carboxylic acids is 2. The highest BCUT2D eigenvalue weighted by atomic mass is 16.6. The lowest BCUT2D eigenvalue weighted by Crippen LogP contribution is -2.63. The molecule has 4 rings (SSSR count). The van der Waals surface area contributed by atoms with E-state index in [-0.39, 0.29) is 32.2 Å². The fraction of sp³-hybridized carbons (Fsp3) is 0.400. The highest BCUT2D eigenvalue weighted by Crippen LogP contribution is 2.44. The third kappa shape index (κ3) is 4.99. The number of carbonyl (C=O) groups is 3. The number of carboxylic acid groups (broad SMARTS) is 1. The first-order chi connectivity index (χ1) is 16.1. The Kier molecular flexibility index (Phi) is 6.47. The molecule has 1 heterocycles. The Morgan fingerprint density at radius 2 is 1.59 bits per heavy atom. The summed E-state index contributed by atoms with van der Waals surface area (Å²) < 4.78 is 10.9. The Hall–Kier alpha value is -3.59. The van der Waals surface area contributed by atoms with Crippen molar-refractivity contribution in [2.24, 2.45) is 0 Å². The Morgan fingerprint density at radius 3 is 2.15 bits per heavy atom. The van der Waals surface area contributed by atoms with E-state index in [1.807, 2.05) is 36.4 Å². The Balaban J connectivity index is 1.38. The van der Waals surface area contributed by atoms with Gasteiger partial charge in [-0.05, 0) is 43.0 Å². The van der Waals surface area contributed by atoms with Crippen molar-refractivity contribution in [3.63, 3.8) is 0 Å². The normalized spacial score (nSPS) is 18.1. The second kappa shape index (κ2) is 9.34. The van der Waals surface area contributed by atoms with Crippen molar-refractivity contribution in [3.8, 4) is 11.1 Å². The zero-order valence-corrected chi connectivity index (χ0v) is 19.5. The number of aliphatic carboxylic acids is 1. The summed E-state index contributed by atoms with van der Waals surface area (Å²) in [7, 11) is 0. The molecule has 1 aliphatic heterocycles. The van der Waals surface area contributed by atoms with Gasteiger partial charge in [0.2, 0.25) is 0 Å². The summed E-state index contributed by atoms with van der Waals surface area (Å²) in [6, 6.07) is 14.9. The number of hydrazine groups is 1. The molecule has 34 heavy (non-hydrogen) atoms. The number of hydrogen-bond donors (Lipinski definition) is 2. The fourth-order valence-corrected chi connectivity index (χ4v) is 4.37. The van der Waals surface area contributed by atoms with Gasteiger partial charge in [-0.3, -0.25) is 10.2 Å². The van der Waals surface area contributed by atoms with Gasteiger partial charge in [0.15, 0.2) is 0 Å². The van der Waals surface area contributed by atoms with Crippen LogP contribution >= 0.6 is 0 Å². The topological polar surface area (TPSA) is 108 Å². The second-order valence-electron chi connectivity index (χ2n) is 9.41. The van der Waals surface area contributed by atoms with Gasteiger partial charge in [0.25, 0.3) is 0 Å². The molecule has 2 aromatic rings. The number of nitrogens with zero attached hydrogens (tertiary/aromatic N) is 2. The molecule has 1 fully saturated rings. The molecule has 2 N–H and O–H groups in total. The first kappa shape index (κ1) is 23.6. The summed E-state index contributed by atoms with van der Waals surface area (Å²) in [6.07, 6.45) is -1.32. The molecular weight excluding hydrogens is 438 g/mol. The van der Waals surface area contributed by atoms with Crippen LogP contribution in [0.4, 0.5) is 9.59 Å². The number of ether oxygens (including phenoxy) is 2. The van der Waals surface area contributed by atoms with Gasteiger partial charge in [-0.1, -0.05) is 48.5 Å². The molecule has 1 atom stereocenters. The molecule has 2 aromatic carbocycles. The van der Waals surface area contributed by atoms with Crippen molar-refractivity contribution < 1.29 is 29.0 Å². The zero-order valence-electron chi connectivity index (χ0n) is 19.5. The lowest BCUT2D eigenvalue weighted by Gasteiger charge is -2.39. The number of nitrogens with one attached hydrogen (secondary N) is 1. The van der Waals surface area contributed by atoms with E-state index in [4.69, 9.17) is 9.47 Å². The molecule has 0 spiro atoms. The van der Waals surface area contributed by atoms with E-state index in [1.54, 1.807) is 20.8 Å². The van der Waals surface area contributed by atoms with Crippen LogP contribution in [0.3, 0.4) is 0 Å². The van der Waals surface area contributed by atoms with Crippen molar-refractivity contribution >= 4 is 18.2 Å². The predicted octanol–water partition coefficient (Wildman–Crippen LogP) is 3.45. The van der Waals surface area contributed by atoms with Crippen LogP contribution in [0, 0.1) is 0 Å². The van der Waals surface area contributed by atoms with Gasteiger partial charge in [0.1, 0.15) is 18.2 Å². The van der Waals surface area contributed by atoms with Crippen LogP contribution < -0.4 is 5.43 Å². The van der Waals surface area contributed by atoms with Crippen molar-refractivity contribution in [3.05, 3.63) is 59.7 Å². The van der Waals surface area contributed by atoms with Crippen LogP contribution in [0.25, 0.3) is 11.1 Å². The molecule has 180 valence electrons. The highest BCUT2D eigenvalue weighted by Gasteiger charge is 2.37. The summed E-state index contributed by atoms with van der Waals surface area (Å²) in [6.45, 7) is 5.57. The number of piperazine rings is 1. The van der Waals surface area contributed by atoms with E-state index in [0.717, 1.165) is 22.3 Å². The van der Waals surface area contributed by atoms with Crippen LogP contribution in [0.15, 0.2) is 48.5 Å². The van der Waals surface area contributed by atoms with E-state index in [1.165, 1.54) is 9.91 Å². The smallest absolute Gasteiger partial charge is 0.421 e. The number of carboxylic acids is 1. The summed E-state index contributed by atoms with van der Waals surface area (Å²) >= 11 is 0. The number of amides is 2. The molecule has 1 unspecified atom stereocenters. The molecule has 1 aliphatic carbocycles. The number of hydrogen-bond acceptors (Lipinski definition) is 6. The zero-order chi connectivity index (χ0) is 24.5. The first-order valence-corrected chi connectivity index (χ1v) is 11.2. The lowest BCUT2D eigenvalue weighted by atomic mass is 9.98. The molecule has 2 aliphatic rings. The maximum atomic E-state index is 12.6. The average molecular weight is 468 g/mol. The third-order valence-corrected chi connectivity index (χ3v) is 5.90. The first-order valence-electron chi connectivity index (χ1n) is 11.2. The van der Waals surface area contributed by atoms with E-state index in [2.05, 4.69) is 17.6 Å². The van der Waals surface area contributed by atoms with Gasteiger partial charge in [-0.2, -0.15) is 0 Å². The summed E-state index contributed by atoms with van der Waals surface area (Å²) in [5, 5.41) is 11.0. The van der Waals surface area contributed by atoms with Gasteiger partial charge in [-0.25, -0.2) is 14.6 Å². The lowest BCUT2D eigenvalue weighted by molar-refractivity contribution is -0.147. The van der Waals surface area contributed by atoms with Gasteiger partial charge >= 0.3 is 18.2 Å². The monoisotopic (exact) mass is 467 g/mol.